The van der Waals surface area contributed by atoms with E-state index in [1.54, 1.807) is 13.2 Å². The van der Waals surface area contributed by atoms with Gasteiger partial charge >= 0.3 is 0 Å². The summed E-state index contributed by atoms with van der Waals surface area (Å²) in [5, 5.41) is 0. The lowest BCUT2D eigenvalue weighted by atomic mass is 10.0. The second-order valence-electron chi connectivity index (χ2n) is 3.78. The number of rotatable bonds is 3. The monoisotopic (exact) mass is 225 g/mol. The summed E-state index contributed by atoms with van der Waals surface area (Å²) in [5.41, 5.74) is 9.79. The lowest BCUT2D eigenvalue weighted by molar-refractivity contribution is 0.415. The Labute approximate surface area is 101 Å². The summed E-state index contributed by atoms with van der Waals surface area (Å²) in [7, 11) is 1.66. The minimum absolute atomic E-state index is 0.747. The van der Waals surface area contributed by atoms with Crippen LogP contribution in [0, 0.1) is 0 Å². The average molecular weight is 225 g/mol. The van der Waals surface area contributed by atoms with E-state index in [1.807, 2.05) is 42.5 Å². The molecular weight excluding hydrogens is 210 g/mol. The summed E-state index contributed by atoms with van der Waals surface area (Å²) < 4.78 is 5.13. The van der Waals surface area contributed by atoms with E-state index < -0.39 is 0 Å². The molecule has 0 atom stereocenters. The summed E-state index contributed by atoms with van der Waals surface area (Å²) in [5.74, 6) is 0.855. The van der Waals surface area contributed by atoms with E-state index in [4.69, 9.17) is 10.5 Å². The SMILES string of the molecule is C=Cc1cc(-c2ccc(OC)cc2)ccc1N. The number of ether oxygens (including phenoxy) is 1. The summed E-state index contributed by atoms with van der Waals surface area (Å²) in [6.07, 6.45) is 1.77. The highest BCUT2D eigenvalue weighted by Gasteiger charge is 2.01. The normalized spacial score (nSPS) is 9.94. The minimum Gasteiger partial charge on any atom is -0.497 e. The van der Waals surface area contributed by atoms with Gasteiger partial charge in [0.2, 0.25) is 0 Å². The second kappa shape index (κ2) is 4.74. The van der Waals surface area contributed by atoms with Gasteiger partial charge in [-0.1, -0.05) is 30.9 Å². The van der Waals surface area contributed by atoms with Crippen molar-refractivity contribution in [1.82, 2.24) is 0 Å². The maximum absolute atomic E-state index is 5.83. The molecule has 0 amide bonds. The van der Waals surface area contributed by atoms with Crippen LogP contribution < -0.4 is 10.5 Å². The van der Waals surface area contributed by atoms with Gasteiger partial charge in [0.05, 0.1) is 7.11 Å². The zero-order chi connectivity index (χ0) is 12.3. The second-order valence-corrected chi connectivity index (χ2v) is 3.78. The quantitative estimate of drug-likeness (QED) is 0.810. The first-order chi connectivity index (χ1) is 8.24. The molecule has 0 aliphatic carbocycles. The third kappa shape index (κ3) is 2.31. The average Bonchev–Trinajstić information content (AvgIpc) is 2.39. The molecule has 0 saturated heterocycles. The molecule has 86 valence electrons. The molecule has 0 radical (unpaired) electrons. The molecule has 0 aliphatic rings. The highest BCUT2D eigenvalue weighted by atomic mass is 16.5. The Bertz CT molecular complexity index is 529. The molecule has 0 aliphatic heterocycles. The van der Waals surface area contributed by atoms with Gasteiger partial charge in [0.15, 0.2) is 0 Å². The first kappa shape index (κ1) is 11.3. The standard InChI is InChI=1S/C15H15NO/c1-3-11-10-13(6-9-15(11)16)12-4-7-14(17-2)8-5-12/h3-10H,1,16H2,2H3. The van der Waals surface area contributed by atoms with E-state index in [0.717, 1.165) is 28.1 Å². The van der Waals surface area contributed by atoms with Gasteiger partial charge in [-0.15, -0.1) is 0 Å². The van der Waals surface area contributed by atoms with Crippen molar-refractivity contribution in [3.05, 3.63) is 54.6 Å². The van der Waals surface area contributed by atoms with E-state index in [9.17, 15) is 0 Å². The van der Waals surface area contributed by atoms with Crippen molar-refractivity contribution in [2.45, 2.75) is 0 Å². The van der Waals surface area contributed by atoms with Crippen LogP contribution in [0.2, 0.25) is 0 Å². The highest BCUT2D eigenvalue weighted by molar-refractivity contribution is 5.73. The van der Waals surface area contributed by atoms with Crippen LogP contribution >= 0.6 is 0 Å². The van der Waals surface area contributed by atoms with Crippen LogP contribution in [0.4, 0.5) is 5.69 Å². The third-order valence-corrected chi connectivity index (χ3v) is 2.73. The van der Waals surface area contributed by atoms with E-state index in [-0.39, 0.29) is 0 Å². The van der Waals surface area contributed by atoms with Crippen molar-refractivity contribution in [1.29, 1.82) is 0 Å². The Kier molecular flexibility index (Phi) is 3.15. The zero-order valence-corrected chi connectivity index (χ0v) is 9.81. The van der Waals surface area contributed by atoms with Crippen molar-refractivity contribution >= 4 is 11.8 Å². The molecule has 0 unspecified atom stereocenters. The summed E-state index contributed by atoms with van der Waals surface area (Å²) >= 11 is 0. The van der Waals surface area contributed by atoms with Gasteiger partial charge in [0.1, 0.15) is 5.75 Å². The predicted octanol–water partition coefficient (Wildman–Crippen LogP) is 3.59. The van der Waals surface area contributed by atoms with E-state index in [1.165, 1.54) is 0 Å². The van der Waals surface area contributed by atoms with Gasteiger partial charge in [0, 0.05) is 5.69 Å². The van der Waals surface area contributed by atoms with Crippen LogP contribution in [-0.4, -0.2) is 7.11 Å². The van der Waals surface area contributed by atoms with E-state index in [2.05, 4.69) is 6.58 Å². The maximum Gasteiger partial charge on any atom is 0.118 e. The van der Waals surface area contributed by atoms with Crippen molar-refractivity contribution in [3.63, 3.8) is 0 Å². The largest absolute Gasteiger partial charge is 0.497 e. The molecule has 0 heterocycles. The molecule has 0 bridgehead atoms. The summed E-state index contributed by atoms with van der Waals surface area (Å²) in [6, 6.07) is 13.9. The molecule has 2 N–H and O–H groups in total. The molecule has 2 aromatic carbocycles. The van der Waals surface area contributed by atoms with Crippen LogP contribution in [0.5, 0.6) is 5.75 Å². The molecule has 0 saturated carbocycles. The number of nitrogen functional groups attached to an aromatic ring is 1. The molecule has 2 aromatic rings. The first-order valence-electron chi connectivity index (χ1n) is 5.41. The minimum atomic E-state index is 0.747. The van der Waals surface area contributed by atoms with Gasteiger partial charge in [-0.25, -0.2) is 0 Å². The van der Waals surface area contributed by atoms with Gasteiger partial charge in [-0.2, -0.15) is 0 Å². The van der Waals surface area contributed by atoms with Crippen molar-refractivity contribution in [2.24, 2.45) is 0 Å². The van der Waals surface area contributed by atoms with Crippen molar-refractivity contribution < 1.29 is 4.74 Å². The number of nitrogens with two attached hydrogens (primary N) is 1. The summed E-state index contributed by atoms with van der Waals surface area (Å²) in [6.45, 7) is 3.75. The maximum atomic E-state index is 5.83. The van der Waals surface area contributed by atoms with Crippen LogP contribution in [0.25, 0.3) is 17.2 Å². The Hall–Kier alpha value is -2.22. The molecule has 2 heteroatoms. The molecule has 0 aromatic heterocycles. The van der Waals surface area contributed by atoms with Crippen LogP contribution in [0.3, 0.4) is 0 Å². The lowest BCUT2D eigenvalue weighted by Crippen LogP contribution is -1.89. The van der Waals surface area contributed by atoms with Crippen LogP contribution in [-0.2, 0) is 0 Å². The van der Waals surface area contributed by atoms with Gasteiger partial charge < -0.3 is 10.5 Å². The first-order valence-corrected chi connectivity index (χ1v) is 5.41. The molecule has 2 rings (SSSR count). The molecule has 0 spiro atoms. The van der Waals surface area contributed by atoms with Gasteiger partial charge in [-0.05, 0) is 41.0 Å². The Balaban J connectivity index is 2.41. The highest BCUT2D eigenvalue weighted by Crippen LogP contribution is 2.26. The number of anilines is 1. The van der Waals surface area contributed by atoms with Gasteiger partial charge in [-0.3, -0.25) is 0 Å². The number of hydrogen-bond acceptors (Lipinski definition) is 2. The predicted molar refractivity (Wildman–Crippen MR) is 72.9 cm³/mol. The lowest BCUT2D eigenvalue weighted by Gasteiger charge is -2.06. The topological polar surface area (TPSA) is 35.2 Å². The number of methoxy groups -OCH3 is 1. The zero-order valence-electron chi connectivity index (χ0n) is 9.81. The van der Waals surface area contributed by atoms with Crippen LogP contribution in [0.15, 0.2) is 49.0 Å². The van der Waals surface area contributed by atoms with Crippen molar-refractivity contribution in [2.75, 3.05) is 12.8 Å². The summed E-state index contributed by atoms with van der Waals surface area (Å²) in [4.78, 5) is 0. The molecule has 2 nitrogen and oxygen atoms in total. The van der Waals surface area contributed by atoms with E-state index in [0.29, 0.717) is 0 Å². The van der Waals surface area contributed by atoms with Crippen molar-refractivity contribution in [3.8, 4) is 16.9 Å². The fourth-order valence-corrected chi connectivity index (χ4v) is 1.71. The Morgan fingerprint density at radius 1 is 1.06 bits per heavy atom. The smallest absolute Gasteiger partial charge is 0.118 e. The molecular formula is C15H15NO. The van der Waals surface area contributed by atoms with E-state index >= 15 is 0 Å². The molecule has 0 fully saturated rings. The Morgan fingerprint density at radius 3 is 2.29 bits per heavy atom. The fourth-order valence-electron chi connectivity index (χ4n) is 1.71. The van der Waals surface area contributed by atoms with Gasteiger partial charge in [0.25, 0.3) is 0 Å². The van der Waals surface area contributed by atoms with Crippen LogP contribution in [0.1, 0.15) is 5.56 Å². The Morgan fingerprint density at radius 2 is 1.71 bits per heavy atom. The number of hydrogen-bond donors (Lipinski definition) is 1. The third-order valence-electron chi connectivity index (χ3n) is 2.73. The molecule has 17 heavy (non-hydrogen) atoms. The fraction of sp³-hybridized carbons (Fsp3) is 0.0667. The number of benzene rings is 2.